The topological polar surface area (TPSA) is 119 Å². The van der Waals surface area contributed by atoms with Crippen molar-refractivity contribution < 1.29 is 28.6 Å². The quantitative estimate of drug-likeness (QED) is 0.181. The van der Waals surface area contributed by atoms with Gasteiger partial charge in [-0.3, -0.25) is 4.79 Å². The van der Waals surface area contributed by atoms with Crippen molar-refractivity contribution in [3.8, 4) is 17.0 Å². The maximum Gasteiger partial charge on any atom is 0.407 e. The number of likely N-dealkylation sites (tertiary alicyclic amines) is 1. The van der Waals surface area contributed by atoms with Gasteiger partial charge in [-0.15, -0.1) is 0 Å². The third kappa shape index (κ3) is 7.32. The van der Waals surface area contributed by atoms with Crippen LogP contribution in [0.15, 0.2) is 24.5 Å². The molecule has 1 unspecified atom stereocenters. The van der Waals surface area contributed by atoms with E-state index in [9.17, 15) is 19.1 Å². The number of rotatable bonds is 11. The summed E-state index contributed by atoms with van der Waals surface area (Å²) in [6.45, 7) is 16.3. The van der Waals surface area contributed by atoms with Crippen LogP contribution in [0, 0.1) is 24.1 Å². The van der Waals surface area contributed by atoms with Gasteiger partial charge in [-0.1, -0.05) is 40.4 Å². The van der Waals surface area contributed by atoms with E-state index in [1.165, 1.54) is 23.4 Å². The lowest BCUT2D eigenvalue weighted by molar-refractivity contribution is 0.0821. The minimum atomic E-state index is -1.35. The standard InChI is InChI=1S/C33H46FN5O5Si/c1-20-26(31(40)37-24-12-13-38(32(41)42)30(24)33(2,3)4)28-29(39(20)19-43-14-15-45(5,6)7)27(35-18-36-28)23-16-22(34)10-11-25(23)44-17-21-8-9-21/h10-11,16,18,21,24,30H,8-9,12-15,17,19H2,1-7H3,(H,37,40)(H,41,42)/t24-,30?/m1/s1. The van der Waals surface area contributed by atoms with Gasteiger partial charge in [0.25, 0.3) is 5.91 Å². The van der Waals surface area contributed by atoms with Gasteiger partial charge in [-0.05, 0) is 61.8 Å². The SMILES string of the molecule is Cc1c(C(=O)N[C@@H]2CCN(C(=O)O)C2C(C)(C)C)c2ncnc(-c3cc(F)ccc3OCC3CC3)c2n1COCC[Si](C)(C)C. The van der Waals surface area contributed by atoms with Gasteiger partial charge in [0.2, 0.25) is 0 Å². The molecule has 1 aliphatic carbocycles. The molecule has 2 aliphatic rings. The molecular weight excluding hydrogens is 593 g/mol. The second-order valence-electron chi connectivity index (χ2n) is 14.7. The van der Waals surface area contributed by atoms with E-state index in [1.807, 2.05) is 32.3 Å². The van der Waals surface area contributed by atoms with Crippen molar-refractivity contribution in [3.05, 3.63) is 41.6 Å². The van der Waals surface area contributed by atoms with Crippen molar-refractivity contribution in [3.63, 3.8) is 0 Å². The number of hydrogen-bond acceptors (Lipinski definition) is 6. The van der Waals surface area contributed by atoms with E-state index in [0.29, 0.717) is 71.4 Å². The third-order valence-electron chi connectivity index (χ3n) is 8.76. The molecule has 2 fully saturated rings. The number of carboxylic acid groups (broad SMARTS) is 1. The van der Waals surface area contributed by atoms with Crippen LogP contribution in [-0.4, -0.2) is 76.5 Å². The smallest absolute Gasteiger partial charge is 0.407 e. The minimum absolute atomic E-state index is 0.162. The summed E-state index contributed by atoms with van der Waals surface area (Å²) in [6, 6.07) is 4.60. The highest BCUT2D eigenvalue weighted by atomic mass is 28.3. The molecule has 1 saturated carbocycles. The summed E-state index contributed by atoms with van der Waals surface area (Å²) in [5, 5.41) is 13.0. The van der Waals surface area contributed by atoms with Crippen LogP contribution in [0.3, 0.4) is 0 Å². The molecule has 0 spiro atoms. The zero-order chi connectivity index (χ0) is 32.7. The Hall–Kier alpha value is -3.51. The van der Waals surface area contributed by atoms with Gasteiger partial charge in [-0.25, -0.2) is 19.2 Å². The number of carbonyl (C=O) groups is 2. The fourth-order valence-electron chi connectivity index (χ4n) is 6.23. The number of carbonyl (C=O) groups excluding carboxylic acids is 1. The van der Waals surface area contributed by atoms with Crippen LogP contribution in [0.1, 0.15) is 56.1 Å². The Labute approximate surface area is 265 Å². The average Bonchev–Trinajstić information content (AvgIpc) is 3.60. The molecule has 1 aliphatic heterocycles. The Balaban J connectivity index is 1.57. The zero-order valence-electron chi connectivity index (χ0n) is 27.4. The number of benzene rings is 1. The summed E-state index contributed by atoms with van der Waals surface area (Å²) in [6.07, 6.45) is 3.12. The Morgan fingerprint density at radius 3 is 2.53 bits per heavy atom. The molecule has 3 heterocycles. The Bertz CT molecular complexity index is 1580. The Morgan fingerprint density at radius 2 is 1.89 bits per heavy atom. The largest absolute Gasteiger partial charge is 0.493 e. The first-order valence-electron chi connectivity index (χ1n) is 15.8. The molecule has 45 heavy (non-hydrogen) atoms. The summed E-state index contributed by atoms with van der Waals surface area (Å²) in [5.41, 5.74) is 2.50. The number of aromatic nitrogens is 3. The van der Waals surface area contributed by atoms with Crippen molar-refractivity contribution >= 4 is 31.1 Å². The Morgan fingerprint density at radius 1 is 1.16 bits per heavy atom. The van der Waals surface area contributed by atoms with Gasteiger partial charge >= 0.3 is 6.09 Å². The molecule has 2 amide bonds. The van der Waals surface area contributed by atoms with E-state index in [1.54, 1.807) is 6.07 Å². The summed E-state index contributed by atoms with van der Waals surface area (Å²) in [5.74, 6) is 0.247. The molecular formula is C33H46FN5O5Si. The molecule has 2 N–H and O–H groups in total. The van der Waals surface area contributed by atoms with Gasteiger partial charge in [0, 0.05) is 32.5 Å². The molecule has 0 radical (unpaired) electrons. The van der Waals surface area contributed by atoms with Crippen molar-refractivity contribution in [2.24, 2.45) is 11.3 Å². The molecule has 5 rings (SSSR count). The number of nitrogens with zero attached hydrogens (tertiary/aromatic N) is 4. The van der Waals surface area contributed by atoms with E-state index >= 15 is 0 Å². The van der Waals surface area contributed by atoms with E-state index in [0.717, 1.165) is 18.9 Å². The lowest BCUT2D eigenvalue weighted by atomic mass is 9.82. The molecule has 2 aromatic heterocycles. The predicted molar refractivity (Wildman–Crippen MR) is 174 cm³/mol. The maximum atomic E-state index is 14.7. The molecule has 12 heteroatoms. The molecule has 0 bridgehead atoms. The zero-order valence-corrected chi connectivity index (χ0v) is 28.4. The lowest BCUT2D eigenvalue weighted by Crippen LogP contribution is -2.52. The summed E-state index contributed by atoms with van der Waals surface area (Å²) < 4.78 is 28.9. The van der Waals surface area contributed by atoms with Gasteiger partial charge in [0.15, 0.2) is 0 Å². The van der Waals surface area contributed by atoms with Gasteiger partial charge in [0.1, 0.15) is 35.8 Å². The van der Waals surface area contributed by atoms with Gasteiger partial charge < -0.3 is 29.4 Å². The molecule has 244 valence electrons. The lowest BCUT2D eigenvalue weighted by Gasteiger charge is -2.37. The third-order valence-corrected chi connectivity index (χ3v) is 10.5. The number of nitrogens with one attached hydrogen (secondary N) is 1. The van der Waals surface area contributed by atoms with Crippen molar-refractivity contribution in [2.45, 2.75) is 91.5 Å². The summed E-state index contributed by atoms with van der Waals surface area (Å²) in [7, 11) is -1.35. The fourth-order valence-corrected chi connectivity index (χ4v) is 6.99. The van der Waals surface area contributed by atoms with E-state index in [-0.39, 0.29) is 18.7 Å². The number of hydrogen-bond donors (Lipinski definition) is 2. The van der Waals surface area contributed by atoms with Crippen LogP contribution in [0.2, 0.25) is 25.7 Å². The number of halogens is 1. The van der Waals surface area contributed by atoms with E-state index < -0.39 is 31.4 Å². The highest BCUT2D eigenvalue weighted by Crippen LogP contribution is 2.39. The first-order chi connectivity index (χ1) is 21.2. The van der Waals surface area contributed by atoms with Crippen molar-refractivity contribution in [1.82, 2.24) is 24.8 Å². The average molecular weight is 640 g/mol. The highest BCUT2D eigenvalue weighted by Gasteiger charge is 2.45. The van der Waals surface area contributed by atoms with Gasteiger partial charge in [-0.2, -0.15) is 0 Å². The number of ether oxygens (including phenoxy) is 2. The van der Waals surface area contributed by atoms with Crippen LogP contribution >= 0.6 is 0 Å². The predicted octanol–water partition coefficient (Wildman–Crippen LogP) is 6.54. The van der Waals surface area contributed by atoms with Crippen LogP contribution < -0.4 is 10.1 Å². The van der Waals surface area contributed by atoms with Crippen LogP contribution in [0.25, 0.3) is 22.3 Å². The normalized spacial score (nSPS) is 18.9. The fraction of sp³-hybridized carbons (Fsp3) is 0.576. The van der Waals surface area contributed by atoms with Crippen LogP contribution in [0.4, 0.5) is 9.18 Å². The second-order valence-corrected chi connectivity index (χ2v) is 20.3. The van der Waals surface area contributed by atoms with Gasteiger partial charge in [0.05, 0.1) is 29.8 Å². The van der Waals surface area contributed by atoms with Crippen molar-refractivity contribution in [1.29, 1.82) is 0 Å². The number of fused-ring (bicyclic) bond motifs is 1. The summed E-state index contributed by atoms with van der Waals surface area (Å²) >= 11 is 0. The second kappa shape index (κ2) is 12.7. The van der Waals surface area contributed by atoms with Crippen LogP contribution in [0.5, 0.6) is 5.75 Å². The maximum absolute atomic E-state index is 14.7. The van der Waals surface area contributed by atoms with Crippen molar-refractivity contribution in [2.75, 3.05) is 19.8 Å². The molecule has 3 aromatic rings. The highest BCUT2D eigenvalue weighted by molar-refractivity contribution is 6.76. The first kappa shape index (κ1) is 32.9. The molecule has 1 saturated heterocycles. The Kier molecular flexibility index (Phi) is 9.28. The minimum Gasteiger partial charge on any atom is -0.493 e. The molecule has 1 aromatic carbocycles. The van der Waals surface area contributed by atoms with E-state index in [2.05, 4.69) is 34.9 Å². The first-order valence-corrected chi connectivity index (χ1v) is 19.5. The molecule has 10 nitrogen and oxygen atoms in total. The number of amides is 2. The van der Waals surface area contributed by atoms with E-state index in [4.69, 9.17) is 9.47 Å². The summed E-state index contributed by atoms with van der Waals surface area (Å²) in [4.78, 5) is 36.8. The molecule has 2 atom stereocenters. The van der Waals surface area contributed by atoms with Crippen LogP contribution in [-0.2, 0) is 11.5 Å². The monoisotopic (exact) mass is 639 g/mol.